The molecule has 0 aromatic carbocycles. The van der Waals surface area contributed by atoms with Crippen molar-refractivity contribution in [2.75, 3.05) is 0 Å². The van der Waals surface area contributed by atoms with Crippen LogP contribution in [-0.2, 0) is 0 Å². The van der Waals surface area contributed by atoms with Gasteiger partial charge in [0.25, 0.3) is 0 Å². The number of aryl methyl sites for hydroxylation is 1. The van der Waals surface area contributed by atoms with Crippen LogP contribution in [-0.4, -0.2) is 0 Å². The summed E-state index contributed by atoms with van der Waals surface area (Å²) in [5, 5.41) is 0. The van der Waals surface area contributed by atoms with E-state index in [1.54, 1.807) is 6.26 Å². The molecule has 2 N–H and O–H groups in total. The van der Waals surface area contributed by atoms with Crippen LogP contribution in [0.25, 0.3) is 0 Å². The highest BCUT2D eigenvalue weighted by Gasteiger charge is 2.03. The number of hydrogen-bond donors (Lipinski definition) is 1. The van der Waals surface area contributed by atoms with Gasteiger partial charge in [-0.15, -0.1) is 0 Å². The molecule has 0 amide bonds. The molecule has 1 unspecified atom stereocenters. The van der Waals surface area contributed by atoms with Crippen molar-refractivity contribution in [1.29, 1.82) is 0 Å². The minimum Gasteiger partial charge on any atom is -0.469 e. The summed E-state index contributed by atoms with van der Waals surface area (Å²) < 4.78 is 5.05. The Morgan fingerprint density at radius 3 is 2.56 bits per heavy atom. The van der Waals surface area contributed by atoms with Crippen LogP contribution in [0.2, 0.25) is 0 Å². The van der Waals surface area contributed by atoms with Gasteiger partial charge in [0.1, 0.15) is 5.76 Å². The van der Waals surface area contributed by atoms with Crippen LogP contribution in [0.4, 0.5) is 0 Å². The number of furan rings is 1. The van der Waals surface area contributed by atoms with Crippen LogP contribution in [0.3, 0.4) is 0 Å². The van der Waals surface area contributed by atoms with Crippen LogP contribution in [0.5, 0.6) is 0 Å². The third-order valence-corrected chi connectivity index (χ3v) is 1.39. The van der Waals surface area contributed by atoms with Crippen molar-refractivity contribution in [1.82, 2.24) is 0 Å². The summed E-state index contributed by atoms with van der Waals surface area (Å²) >= 11 is 0. The summed E-state index contributed by atoms with van der Waals surface area (Å²) in [4.78, 5) is 0. The van der Waals surface area contributed by atoms with E-state index in [1.165, 1.54) is 0 Å². The molecular formula is C7H11NO. The molecule has 0 bridgehead atoms. The Morgan fingerprint density at radius 2 is 2.33 bits per heavy atom. The molecule has 9 heavy (non-hydrogen) atoms. The van der Waals surface area contributed by atoms with Gasteiger partial charge >= 0.3 is 0 Å². The van der Waals surface area contributed by atoms with E-state index < -0.39 is 0 Å². The largest absolute Gasteiger partial charge is 0.469 e. The van der Waals surface area contributed by atoms with Gasteiger partial charge in [0.15, 0.2) is 0 Å². The molecule has 0 saturated carbocycles. The molecule has 50 valence electrons. The molecule has 0 fully saturated rings. The predicted molar refractivity (Wildman–Crippen MR) is 36.0 cm³/mol. The van der Waals surface area contributed by atoms with Gasteiger partial charge in [-0.2, -0.15) is 0 Å². The molecule has 0 saturated heterocycles. The van der Waals surface area contributed by atoms with E-state index in [2.05, 4.69) is 0 Å². The maximum atomic E-state index is 5.60. The topological polar surface area (TPSA) is 39.2 Å². The average molecular weight is 125 g/mol. The van der Waals surface area contributed by atoms with Crippen molar-refractivity contribution in [2.24, 2.45) is 5.73 Å². The SMILES string of the molecule is Cc1occc1C(C)N. The second-order valence-corrected chi connectivity index (χ2v) is 2.22. The van der Waals surface area contributed by atoms with Crippen molar-refractivity contribution in [3.8, 4) is 0 Å². The molecule has 0 aliphatic heterocycles. The zero-order chi connectivity index (χ0) is 6.85. The van der Waals surface area contributed by atoms with Crippen molar-refractivity contribution < 1.29 is 4.42 Å². The molecule has 1 rings (SSSR count). The average Bonchev–Trinajstić information content (AvgIpc) is 2.13. The van der Waals surface area contributed by atoms with Crippen LogP contribution >= 0.6 is 0 Å². The fourth-order valence-electron chi connectivity index (χ4n) is 0.867. The van der Waals surface area contributed by atoms with Crippen LogP contribution in [0, 0.1) is 6.92 Å². The van der Waals surface area contributed by atoms with E-state index >= 15 is 0 Å². The fraction of sp³-hybridized carbons (Fsp3) is 0.429. The maximum Gasteiger partial charge on any atom is 0.105 e. The minimum absolute atomic E-state index is 0.0868. The van der Waals surface area contributed by atoms with Crippen molar-refractivity contribution in [2.45, 2.75) is 19.9 Å². The highest BCUT2D eigenvalue weighted by molar-refractivity contribution is 5.18. The lowest BCUT2D eigenvalue weighted by molar-refractivity contribution is 0.526. The Labute approximate surface area is 54.7 Å². The lowest BCUT2D eigenvalue weighted by Crippen LogP contribution is -2.04. The highest BCUT2D eigenvalue weighted by atomic mass is 16.3. The highest BCUT2D eigenvalue weighted by Crippen LogP contribution is 2.14. The number of rotatable bonds is 1. The molecule has 1 aromatic rings. The van der Waals surface area contributed by atoms with Gasteiger partial charge < -0.3 is 10.2 Å². The standard InChI is InChI=1S/C7H11NO/c1-5(8)7-3-4-9-6(7)2/h3-5H,8H2,1-2H3. The van der Waals surface area contributed by atoms with Gasteiger partial charge in [-0.3, -0.25) is 0 Å². The zero-order valence-electron chi connectivity index (χ0n) is 5.72. The monoisotopic (exact) mass is 125 g/mol. The van der Waals surface area contributed by atoms with Gasteiger partial charge in [-0.1, -0.05) is 0 Å². The molecule has 0 aliphatic rings. The Bertz CT molecular complexity index is 191. The van der Waals surface area contributed by atoms with Crippen LogP contribution in [0.15, 0.2) is 16.7 Å². The molecule has 2 heteroatoms. The third kappa shape index (κ3) is 1.13. The zero-order valence-corrected chi connectivity index (χ0v) is 5.72. The van der Waals surface area contributed by atoms with Crippen LogP contribution in [0.1, 0.15) is 24.3 Å². The molecule has 1 atom stereocenters. The summed E-state index contributed by atoms with van der Waals surface area (Å²) in [6.07, 6.45) is 1.66. The molecule has 1 aromatic heterocycles. The first-order valence-corrected chi connectivity index (χ1v) is 3.01. The molecule has 1 heterocycles. The molecule has 0 radical (unpaired) electrons. The molecular weight excluding hydrogens is 114 g/mol. The fourth-order valence-corrected chi connectivity index (χ4v) is 0.867. The first-order valence-electron chi connectivity index (χ1n) is 3.01. The van der Waals surface area contributed by atoms with E-state index in [4.69, 9.17) is 10.2 Å². The summed E-state index contributed by atoms with van der Waals surface area (Å²) in [7, 11) is 0. The van der Waals surface area contributed by atoms with Gasteiger partial charge in [0.2, 0.25) is 0 Å². The van der Waals surface area contributed by atoms with Gasteiger partial charge in [0, 0.05) is 11.6 Å². The van der Waals surface area contributed by atoms with Gasteiger partial charge in [-0.05, 0) is 19.9 Å². The number of hydrogen-bond acceptors (Lipinski definition) is 2. The second kappa shape index (κ2) is 2.23. The normalized spacial score (nSPS) is 13.7. The summed E-state index contributed by atoms with van der Waals surface area (Å²) in [6.45, 7) is 3.86. The first kappa shape index (κ1) is 6.36. The van der Waals surface area contributed by atoms with Crippen molar-refractivity contribution in [3.63, 3.8) is 0 Å². The van der Waals surface area contributed by atoms with Crippen molar-refractivity contribution in [3.05, 3.63) is 23.7 Å². The molecule has 0 spiro atoms. The van der Waals surface area contributed by atoms with E-state index in [9.17, 15) is 0 Å². The lowest BCUT2D eigenvalue weighted by atomic mass is 10.1. The lowest BCUT2D eigenvalue weighted by Gasteiger charge is -1.99. The van der Waals surface area contributed by atoms with E-state index in [1.807, 2.05) is 19.9 Å². The minimum atomic E-state index is 0.0868. The Hall–Kier alpha value is -0.760. The molecule has 2 nitrogen and oxygen atoms in total. The van der Waals surface area contributed by atoms with Gasteiger partial charge in [-0.25, -0.2) is 0 Å². The summed E-state index contributed by atoms with van der Waals surface area (Å²) in [5.74, 6) is 0.921. The van der Waals surface area contributed by atoms with Crippen molar-refractivity contribution >= 4 is 0 Å². The quantitative estimate of drug-likeness (QED) is 0.619. The second-order valence-electron chi connectivity index (χ2n) is 2.22. The third-order valence-electron chi connectivity index (χ3n) is 1.39. The Balaban J connectivity index is 2.94. The summed E-state index contributed by atoms with van der Waals surface area (Å²) in [5.41, 5.74) is 6.69. The Morgan fingerprint density at radius 1 is 1.67 bits per heavy atom. The number of nitrogens with two attached hydrogens (primary N) is 1. The Kier molecular flexibility index (Phi) is 1.58. The maximum absolute atomic E-state index is 5.60. The smallest absolute Gasteiger partial charge is 0.105 e. The molecule has 0 aliphatic carbocycles. The first-order chi connectivity index (χ1) is 4.22. The summed E-state index contributed by atoms with van der Waals surface area (Å²) in [6, 6.07) is 1.99. The van der Waals surface area contributed by atoms with Gasteiger partial charge in [0.05, 0.1) is 6.26 Å². The van der Waals surface area contributed by atoms with Crippen LogP contribution < -0.4 is 5.73 Å². The van der Waals surface area contributed by atoms with E-state index in [-0.39, 0.29) is 6.04 Å². The predicted octanol–water partition coefficient (Wildman–Crippen LogP) is 1.61. The van der Waals surface area contributed by atoms with E-state index in [0.29, 0.717) is 0 Å². The van der Waals surface area contributed by atoms with E-state index in [0.717, 1.165) is 11.3 Å².